The van der Waals surface area contributed by atoms with E-state index in [1.54, 1.807) is 6.07 Å². The summed E-state index contributed by atoms with van der Waals surface area (Å²) in [4.78, 5) is 16.9. The molecule has 0 saturated carbocycles. The highest BCUT2D eigenvalue weighted by Crippen LogP contribution is 2.25. The molecule has 0 N–H and O–H groups in total. The molecule has 2 rings (SSSR count). The third kappa shape index (κ3) is 4.48. The van der Waals surface area contributed by atoms with Gasteiger partial charge in [0.2, 0.25) is 10.0 Å². The summed E-state index contributed by atoms with van der Waals surface area (Å²) in [7, 11) is -0.547. The lowest BCUT2D eigenvalue weighted by Crippen LogP contribution is -2.22. The molecule has 1 heterocycles. The Bertz CT molecular complexity index is 876. The number of rotatable bonds is 6. The quantitative estimate of drug-likeness (QED) is 0.570. The van der Waals surface area contributed by atoms with E-state index in [1.165, 1.54) is 38.1 Å². The fourth-order valence-electron chi connectivity index (χ4n) is 2.16. The Morgan fingerprint density at radius 2 is 1.80 bits per heavy atom. The first-order valence-electron chi connectivity index (χ1n) is 7.79. The van der Waals surface area contributed by atoms with Gasteiger partial charge in [0, 0.05) is 25.9 Å². The van der Waals surface area contributed by atoms with Crippen molar-refractivity contribution in [1.82, 2.24) is 9.29 Å². The molecule has 0 saturated heterocycles. The second kappa shape index (κ2) is 7.68. The first-order valence-corrected chi connectivity index (χ1v) is 10.1. The van der Waals surface area contributed by atoms with Crippen LogP contribution in [0.4, 0.5) is 0 Å². The minimum atomic E-state index is -3.50. The van der Waals surface area contributed by atoms with E-state index < -0.39 is 10.0 Å². The van der Waals surface area contributed by atoms with Gasteiger partial charge in [-0.1, -0.05) is 23.9 Å². The average Bonchev–Trinajstić information content (AvgIpc) is 2.57. The standard InChI is InChI=1S/C18H22N2O3S2/c1-12-6-7-15(10-13(12)2)18(21)14(3)24-17-9-8-16(11-19-17)25(22,23)20(4)5/h6-11,14H,1-5H3/t14-/m1/s1. The minimum Gasteiger partial charge on any atom is -0.293 e. The topological polar surface area (TPSA) is 67.3 Å². The van der Waals surface area contributed by atoms with E-state index in [9.17, 15) is 13.2 Å². The molecule has 1 aromatic heterocycles. The van der Waals surface area contributed by atoms with Gasteiger partial charge in [0.05, 0.1) is 10.3 Å². The highest BCUT2D eigenvalue weighted by atomic mass is 32.2. The summed E-state index contributed by atoms with van der Waals surface area (Å²) in [6.45, 7) is 5.82. The van der Waals surface area contributed by atoms with Crippen molar-refractivity contribution < 1.29 is 13.2 Å². The molecule has 0 bridgehead atoms. The summed E-state index contributed by atoms with van der Waals surface area (Å²) in [5.41, 5.74) is 2.91. The van der Waals surface area contributed by atoms with Gasteiger partial charge in [-0.2, -0.15) is 0 Å². The summed E-state index contributed by atoms with van der Waals surface area (Å²) < 4.78 is 25.2. The van der Waals surface area contributed by atoms with E-state index in [-0.39, 0.29) is 15.9 Å². The predicted octanol–water partition coefficient (Wildman–Crippen LogP) is 3.31. The number of Topliss-reactive ketones (excluding diaryl/α,β-unsaturated/α-hetero) is 1. The highest BCUT2D eigenvalue weighted by molar-refractivity contribution is 8.00. The van der Waals surface area contributed by atoms with Crippen molar-refractivity contribution in [3.63, 3.8) is 0 Å². The molecule has 0 amide bonds. The van der Waals surface area contributed by atoms with E-state index in [2.05, 4.69) is 4.98 Å². The Balaban J connectivity index is 2.13. The van der Waals surface area contributed by atoms with Crippen LogP contribution in [-0.4, -0.2) is 42.8 Å². The molecule has 7 heteroatoms. The molecular weight excluding hydrogens is 356 g/mol. The van der Waals surface area contributed by atoms with Crippen molar-refractivity contribution in [3.05, 3.63) is 53.2 Å². The summed E-state index contributed by atoms with van der Waals surface area (Å²) in [5.74, 6) is 0.0277. The molecule has 0 aliphatic heterocycles. The van der Waals surface area contributed by atoms with Gasteiger partial charge in [0.15, 0.2) is 5.78 Å². The van der Waals surface area contributed by atoms with Crippen LogP contribution in [0.3, 0.4) is 0 Å². The summed E-state index contributed by atoms with van der Waals surface area (Å²) >= 11 is 1.32. The molecule has 0 aliphatic rings. The number of hydrogen-bond donors (Lipinski definition) is 0. The van der Waals surface area contributed by atoms with Crippen LogP contribution in [0, 0.1) is 13.8 Å². The molecule has 1 aromatic carbocycles. The number of pyridine rings is 1. The van der Waals surface area contributed by atoms with Crippen molar-refractivity contribution in [2.45, 2.75) is 35.9 Å². The van der Waals surface area contributed by atoms with Crippen LogP contribution >= 0.6 is 11.8 Å². The maximum atomic E-state index is 12.6. The van der Waals surface area contributed by atoms with Gasteiger partial charge in [-0.25, -0.2) is 17.7 Å². The Labute approximate surface area is 153 Å². The van der Waals surface area contributed by atoms with Crippen LogP contribution in [0.2, 0.25) is 0 Å². The number of aromatic nitrogens is 1. The summed E-state index contributed by atoms with van der Waals surface area (Å²) in [5, 5.41) is 0.299. The maximum absolute atomic E-state index is 12.6. The van der Waals surface area contributed by atoms with Crippen LogP contribution in [-0.2, 0) is 10.0 Å². The summed E-state index contributed by atoms with van der Waals surface area (Å²) in [6, 6.07) is 8.82. The van der Waals surface area contributed by atoms with Gasteiger partial charge in [0.1, 0.15) is 4.90 Å². The molecule has 134 valence electrons. The zero-order valence-corrected chi connectivity index (χ0v) is 16.6. The van der Waals surface area contributed by atoms with Crippen molar-refractivity contribution in [2.75, 3.05) is 14.1 Å². The van der Waals surface area contributed by atoms with E-state index in [4.69, 9.17) is 0 Å². The third-order valence-electron chi connectivity index (χ3n) is 3.95. The van der Waals surface area contributed by atoms with Crippen molar-refractivity contribution in [3.8, 4) is 0 Å². The first kappa shape index (κ1) is 19.6. The minimum absolute atomic E-state index is 0.0277. The molecule has 0 spiro atoms. The molecule has 1 atom stereocenters. The van der Waals surface area contributed by atoms with Crippen molar-refractivity contribution >= 4 is 27.6 Å². The lowest BCUT2D eigenvalue weighted by Gasteiger charge is -2.13. The van der Waals surface area contributed by atoms with E-state index in [1.807, 2.05) is 39.0 Å². The Hall–Kier alpha value is -1.70. The Kier molecular flexibility index (Phi) is 6.03. The first-order chi connectivity index (χ1) is 11.6. The number of ketones is 1. The molecule has 0 aliphatic carbocycles. The molecule has 0 fully saturated rings. The van der Waals surface area contributed by atoms with E-state index >= 15 is 0 Å². The fraction of sp³-hybridized carbons (Fsp3) is 0.333. The molecule has 2 aromatic rings. The molecule has 0 unspecified atom stereocenters. The number of carbonyl (C=O) groups excluding carboxylic acids is 1. The lowest BCUT2D eigenvalue weighted by atomic mass is 10.0. The fourth-order valence-corrected chi connectivity index (χ4v) is 3.88. The predicted molar refractivity (Wildman–Crippen MR) is 101 cm³/mol. The number of sulfonamides is 1. The summed E-state index contributed by atoms with van der Waals surface area (Å²) in [6.07, 6.45) is 1.32. The molecule has 25 heavy (non-hydrogen) atoms. The van der Waals surface area contributed by atoms with E-state index in [0.29, 0.717) is 10.6 Å². The van der Waals surface area contributed by atoms with Crippen LogP contribution in [0.25, 0.3) is 0 Å². The number of hydrogen-bond acceptors (Lipinski definition) is 5. The number of thioether (sulfide) groups is 1. The highest BCUT2D eigenvalue weighted by Gasteiger charge is 2.20. The number of aryl methyl sites for hydroxylation is 2. The third-order valence-corrected chi connectivity index (χ3v) is 6.80. The number of carbonyl (C=O) groups is 1. The largest absolute Gasteiger partial charge is 0.293 e. The molecule has 5 nitrogen and oxygen atoms in total. The zero-order valence-electron chi connectivity index (χ0n) is 15.0. The number of benzene rings is 1. The van der Waals surface area contributed by atoms with Gasteiger partial charge in [0.25, 0.3) is 0 Å². The van der Waals surface area contributed by atoms with Crippen LogP contribution < -0.4 is 0 Å². The second-order valence-electron chi connectivity index (χ2n) is 6.04. The molecule has 0 radical (unpaired) electrons. The SMILES string of the molecule is Cc1ccc(C(=O)[C@@H](C)Sc2ccc(S(=O)(=O)N(C)C)cn2)cc1C. The second-order valence-corrected chi connectivity index (χ2v) is 9.56. The lowest BCUT2D eigenvalue weighted by molar-refractivity contribution is 0.0994. The normalized spacial score (nSPS) is 13.0. The Morgan fingerprint density at radius 1 is 1.12 bits per heavy atom. The smallest absolute Gasteiger partial charge is 0.244 e. The van der Waals surface area contributed by atoms with Gasteiger partial charge in [-0.05, 0) is 50.1 Å². The van der Waals surface area contributed by atoms with Gasteiger partial charge >= 0.3 is 0 Å². The van der Waals surface area contributed by atoms with E-state index in [0.717, 1.165) is 15.4 Å². The van der Waals surface area contributed by atoms with Crippen molar-refractivity contribution in [2.24, 2.45) is 0 Å². The van der Waals surface area contributed by atoms with Crippen molar-refractivity contribution in [1.29, 1.82) is 0 Å². The van der Waals surface area contributed by atoms with Crippen LogP contribution in [0.15, 0.2) is 46.5 Å². The average molecular weight is 379 g/mol. The van der Waals surface area contributed by atoms with Gasteiger partial charge < -0.3 is 0 Å². The maximum Gasteiger partial charge on any atom is 0.244 e. The Morgan fingerprint density at radius 3 is 2.32 bits per heavy atom. The van der Waals surface area contributed by atoms with Crippen LogP contribution in [0.5, 0.6) is 0 Å². The molecular formula is C18H22N2O3S2. The monoisotopic (exact) mass is 378 g/mol. The zero-order chi connectivity index (χ0) is 18.8. The number of nitrogens with zero attached hydrogens (tertiary/aromatic N) is 2. The van der Waals surface area contributed by atoms with Gasteiger partial charge in [-0.3, -0.25) is 4.79 Å². The van der Waals surface area contributed by atoms with Crippen LogP contribution in [0.1, 0.15) is 28.4 Å². The van der Waals surface area contributed by atoms with Gasteiger partial charge in [-0.15, -0.1) is 0 Å².